The van der Waals surface area contributed by atoms with E-state index in [2.05, 4.69) is 10.9 Å². The highest BCUT2D eigenvalue weighted by molar-refractivity contribution is 8.00. The molecule has 0 amide bonds. The molecule has 1 saturated heterocycles. The summed E-state index contributed by atoms with van der Waals surface area (Å²) in [5.74, 6) is 3.48. The first-order chi connectivity index (χ1) is 10.7. The van der Waals surface area contributed by atoms with Crippen molar-refractivity contribution in [3.05, 3.63) is 54.1 Å². The third-order valence-corrected chi connectivity index (χ3v) is 5.14. The van der Waals surface area contributed by atoms with E-state index in [0.717, 1.165) is 5.56 Å². The maximum absolute atomic E-state index is 12.4. The summed E-state index contributed by atoms with van der Waals surface area (Å²) in [7, 11) is 0. The monoisotopic (exact) mass is 312 g/mol. The van der Waals surface area contributed by atoms with Crippen LogP contribution in [-0.4, -0.2) is 32.6 Å². The molecular weight excluding hydrogens is 296 g/mol. The predicted octanol–water partition coefficient (Wildman–Crippen LogP) is 2.77. The second-order valence-electron chi connectivity index (χ2n) is 5.29. The lowest BCUT2D eigenvalue weighted by Crippen LogP contribution is -2.46. The van der Waals surface area contributed by atoms with Crippen LogP contribution in [0, 0.1) is 12.3 Å². The van der Waals surface area contributed by atoms with Crippen molar-refractivity contribution in [3.63, 3.8) is 0 Å². The Kier molecular flexibility index (Phi) is 3.95. The molecule has 1 fully saturated rings. The topological polar surface area (TPSA) is 44.1 Å². The number of hydrogen-bond acceptors (Lipinski definition) is 4. The second kappa shape index (κ2) is 5.90. The third-order valence-electron chi connectivity index (χ3n) is 3.80. The normalized spacial score (nSPS) is 17.1. The van der Waals surface area contributed by atoms with Gasteiger partial charge >= 0.3 is 5.97 Å². The summed E-state index contributed by atoms with van der Waals surface area (Å²) >= 11 is 1.67. The fourth-order valence-electron chi connectivity index (χ4n) is 2.35. The Morgan fingerprint density at radius 2 is 2.18 bits per heavy atom. The standard InChI is InChI=1S/C17H16N2O2S/c1-3-17(10-22-11-17)21-16(20)15-9-18-12-19(15)13(2)14-7-5-4-6-8-14/h1,4-9,12-13H,10-11H2,2H3/t13-/m1/s1. The maximum atomic E-state index is 12.4. The van der Waals surface area contributed by atoms with Crippen LogP contribution in [0.2, 0.25) is 0 Å². The molecule has 1 aliphatic rings. The zero-order valence-electron chi connectivity index (χ0n) is 12.2. The number of carbonyl (C=O) groups excluding carboxylic acids is 1. The molecule has 2 aromatic rings. The largest absolute Gasteiger partial charge is 0.439 e. The first-order valence-electron chi connectivity index (χ1n) is 7.01. The molecule has 1 aromatic carbocycles. The van der Waals surface area contributed by atoms with Gasteiger partial charge in [0, 0.05) is 11.5 Å². The number of esters is 1. The fourth-order valence-corrected chi connectivity index (χ4v) is 3.21. The Hall–Kier alpha value is -2.19. The van der Waals surface area contributed by atoms with Gasteiger partial charge < -0.3 is 9.30 Å². The highest BCUT2D eigenvalue weighted by Gasteiger charge is 2.41. The van der Waals surface area contributed by atoms with Crippen LogP contribution in [0.25, 0.3) is 0 Å². The summed E-state index contributed by atoms with van der Waals surface area (Å²) in [6.45, 7) is 2.02. The number of imidazole rings is 1. The van der Waals surface area contributed by atoms with Gasteiger partial charge in [0.2, 0.25) is 0 Å². The molecule has 0 N–H and O–H groups in total. The number of benzene rings is 1. The number of carbonyl (C=O) groups is 1. The lowest BCUT2D eigenvalue weighted by Gasteiger charge is -2.35. The number of terminal acetylenes is 1. The molecule has 0 unspecified atom stereocenters. The van der Waals surface area contributed by atoms with Crippen molar-refractivity contribution >= 4 is 17.7 Å². The van der Waals surface area contributed by atoms with Gasteiger partial charge in [-0.15, -0.1) is 6.42 Å². The molecule has 0 bridgehead atoms. The van der Waals surface area contributed by atoms with Gasteiger partial charge in [0.15, 0.2) is 5.60 Å². The summed E-state index contributed by atoms with van der Waals surface area (Å²) < 4.78 is 7.35. The molecule has 2 heterocycles. The highest BCUT2D eigenvalue weighted by Crippen LogP contribution is 2.33. The van der Waals surface area contributed by atoms with Crippen LogP contribution in [0.15, 0.2) is 42.9 Å². The van der Waals surface area contributed by atoms with E-state index in [-0.39, 0.29) is 6.04 Å². The quantitative estimate of drug-likeness (QED) is 0.643. The van der Waals surface area contributed by atoms with Crippen molar-refractivity contribution < 1.29 is 9.53 Å². The molecule has 0 radical (unpaired) electrons. The van der Waals surface area contributed by atoms with Crippen molar-refractivity contribution in [2.24, 2.45) is 0 Å². The molecule has 4 nitrogen and oxygen atoms in total. The van der Waals surface area contributed by atoms with Crippen LogP contribution in [0.3, 0.4) is 0 Å². The molecule has 1 atom stereocenters. The van der Waals surface area contributed by atoms with E-state index >= 15 is 0 Å². The van der Waals surface area contributed by atoms with Gasteiger partial charge in [-0.3, -0.25) is 0 Å². The highest BCUT2D eigenvalue weighted by atomic mass is 32.2. The van der Waals surface area contributed by atoms with E-state index in [1.165, 1.54) is 6.20 Å². The smallest absolute Gasteiger partial charge is 0.358 e. The van der Waals surface area contributed by atoms with Gasteiger partial charge in [-0.2, -0.15) is 11.8 Å². The number of ether oxygens (including phenoxy) is 1. The maximum Gasteiger partial charge on any atom is 0.358 e. The summed E-state index contributed by atoms with van der Waals surface area (Å²) in [6, 6.07) is 9.93. The van der Waals surface area contributed by atoms with Crippen LogP contribution in [0.5, 0.6) is 0 Å². The lowest BCUT2D eigenvalue weighted by molar-refractivity contribution is 0.0187. The van der Waals surface area contributed by atoms with E-state index < -0.39 is 11.6 Å². The lowest BCUT2D eigenvalue weighted by atomic mass is 10.1. The average Bonchev–Trinajstić information content (AvgIpc) is 3.00. The van der Waals surface area contributed by atoms with Gasteiger partial charge in [0.05, 0.1) is 18.6 Å². The van der Waals surface area contributed by atoms with Crippen LogP contribution >= 0.6 is 11.8 Å². The Bertz CT molecular complexity index is 714. The SMILES string of the molecule is C#CC1(OC(=O)c2cncn2[C@H](C)c2ccccc2)CSC1. The van der Waals surface area contributed by atoms with Gasteiger partial charge in [0.25, 0.3) is 0 Å². The van der Waals surface area contributed by atoms with Gasteiger partial charge in [0.1, 0.15) is 5.69 Å². The summed E-state index contributed by atoms with van der Waals surface area (Å²) in [4.78, 5) is 16.5. The van der Waals surface area contributed by atoms with E-state index in [4.69, 9.17) is 11.2 Å². The molecule has 1 aliphatic heterocycles. The van der Waals surface area contributed by atoms with Crippen molar-refractivity contribution in [1.82, 2.24) is 9.55 Å². The van der Waals surface area contributed by atoms with Crippen LogP contribution in [0.4, 0.5) is 0 Å². The van der Waals surface area contributed by atoms with Crippen molar-refractivity contribution in [1.29, 1.82) is 0 Å². The number of nitrogens with zero attached hydrogens (tertiary/aromatic N) is 2. The van der Waals surface area contributed by atoms with E-state index in [9.17, 15) is 4.79 Å². The number of thioether (sulfide) groups is 1. The minimum absolute atomic E-state index is 0.0104. The number of aromatic nitrogens is 2. The Morgan fingerprint density at radius 1 is 1.45 bits per heavy atom. The Morgan fingerprint density at radius 3 is 2.77 bits per heavy atom. The average molecular weight is 312 g/mol. The zero-order valence-corrected chi connectivity index (χ0v) is 13.0. The van der Waals surface area contributed by atoms with Crippen LogP contribution in [-0.2, 0) is 4.74 Å². The van der Waals surface area contributed by atoms with Crippen LogP contribution < -0.4 is 0 Å². The van der Waals surface area contributed by atoms with E-state index in [0.29, 0.717) is 17.2 Å². The second-order valence-corrected chi connectivity index (χ2v) is 6.28. The Balaban J connectivity index is 1.83. The first-order valence-corrected chi connectivity index (χ1v) is 8.16. The summed E-state index contributed by atoms with van der Waals surface area (Å²) in [5.41, 5.74) is 0.760. The van der Waals surface area contributed by atoms with Crippen molar-refractivity contribution in [2.75, 3.05) is 11.5 Å². The molecule has 0 saturated carbocycles. The molecule has 22 heavy (non-hydrogen) atoms. The Labute approximate surface area is 133 Å². The number of rotatable bonds is 4. The number of hydrogen-bond donors (Lipinski definition) is 0. The van der Waals surface area contributed by atoms with Crippen LogP contribution in [0.1, 0.15) is 29.0 Å². The molecule has 5 heteroatoms. The minimum atomic E-state index is -0.757. The van der Waals surface area contributed by atoms with Gasteiger partial charge in [-0.1, -0.05) is 36.3 Å². The first kappa shape index (κ1) is 14.7. The van der Waals surface area contributed by atoms with E-state index in [1.54, 1.807) is 18.1 Å². The van der Waals surface area contributed by atoms with E-state index in [1.807, 2.05) is 41.8 Å². The molecule has 112 valence electrons. The molecule has 1 aromatic heterocycles. The summed E-state index contributed by atoms with van der Waals surface area (Å²) in [5, 5.41) is 0. The third kappa shape index (κ3) is 2.62. The van der Waals surface area contributed by atoms with Crippen molar-refractivity contribution in [3.8, 4) is 12.3 Å². The zero-order chi connectivity index (χ0) is 15.6. The summed E-state index contributed by atoms with van der Waals surface area (Å²) in [6.07, 6.45) is 8.67. The molecule has 3 rings (SSSR count). The fraction of sp³-hybridized carbons (Fsp3) is 0.294. The van der Waals surface area contributed by atoms with Gasteiger partial charge in [-0.05, 0) is 12.5 Å². The predicted molar refractivity (Wildman–Crippen MR) is 86.8 cm³/mol. The van der Waals surface area contributed by atoms with Gasteiger partial charge in [-0.25, -0.2) is 9.78 Å². The molecular formula is C17H16N2O2S. The molecule has 0 aliphatic carbocycles. The molecule has 0 spiro atoms. The van der Waals surface area contributed by atoms with Crippen molar-refractivity contribution in [2.45, 2.75) is 18.6 Å². The minimum Gasteiger partial charge on any atom is -0.439 e.